The van der Waals surface area contributed by atoms with Crippen LogP contribution in [0.3, 0.4) is 0 Å². The van der Waals surface area contributed by atoms with Crippen LogP contribution < -0.4 is 4.74 Å². The number of carbonyl (C=O) groups is 2. The van der Waals surface area contributed by atoms with Crippen LogP contribution in [0.15, 0.2) is 35.9 Å². The van der Waals surface area contributed by atoms with E-state index in [0.29, 0.717) is 37.0 Å². The van der Waals surface area contributed by atoms with Crippen LogP contribution in [-0.4, -0.2) is 19.0 Å². The molecule has 0 saturated carbocycles. The molecular weight excluding hydrogens is 244 g/mol. The largest absolute Gasteiger partial charge is 0.469 e. The van der Waals surface area contributed by atoms with Gasteiger partial charge in [0.25, 0.3) is 0 Å². The van der Waals surface area contributed by atoms with Crippen molar-refractivity contribution in [2.75, 3.05) is 7.11 Å². The molecule has 100 valence electrons. The SMILES string of the molecule is COC(=O)CCC/C=C1\Cc2ccccc2OC1=O. The van der Waals surface area contributed by atoms with Gasteiger partial charge in [-0.3, -0.25) is 4.79 Å². The smallest absolute Gasteiger partial charge is 0.339 e. The van der Waals surface area contributed by atoms with Crippen LogP contribution in [0.1, 0.15) is 24.8 Å². The van der Waals surface area contributed by atoms with Crippen LogP contribution in [0.5, 0.6) is 5.75 Å². The third-order valence-electron chi connectivity index (χ3n) is 3.02. The number of carbonyl (C=O) groups excluding carboxylic acids is 2. The van der Waals surface area contributed by atoms with E-state index in [1.54, 1.807) is 6.07 Å². The number of ether oxygens (including phenoxy) is 2. The van der Waals surface area contributed by atoms with Crippen molar-refractivity contribution < 1.29 is 19.1 Å². The third kappa shape index (κ3) is 3.44. The molecule has 0 fully saturated rings. The summed E-state index contributed by atoms with van der Waals surface area (Å²) in [6, 6.07) is 7.51. The lowest BCUT2D eigenvalue weighted by atomic mass is 10.00. The van der Waals surface area contributed by atoms with E-state index in [1.165, 1.54) is 7.11 Å². The van der Waals surface area contributed by atoms with Gasteiger partial charge in [-0.1, -0.05) is 24.3 Å². The maximum atomic E-state index is 11.8. The molecule has 4 nitrogen and oxygen atoms in total. The quantitative estimate of drug-likeness (QED) is 0.361. The number of fused-ring (bicyclic) bond motifs is 1. The summed E-state index contributed by atoms with van der Waals surface area (Å²) in [5, 5.41) is 0. The molecule has 0 spiro atoms. The standard InChI is InChI=1S/C15H16O4/c1-18-14(16)9-5-3-7-12-10-11-6-2-4-8-13(11)19-15(12)17/h2,4,6-8H,3,5,9-10H2,1H3/b12-7+. The van der Waals surface area contributed by atoms with Gasteiger partial charge in [0.2, 0.25) is 0 Å². The third-order valence-corrected chi connectivity index (χ3v) is 3.02. The monoisotopic (exact) mass is 260 g/mol. The van der Waals surface area contributed by atoms with E-state index in [0.717, 1.165) is 5.56 Å². The first-order valence-electron chi connectivity index (χ1n) is 6.26. The highest BCUT2D eigenvalue weighted by molar-refractivity contribution is 5.92. The normalized spacial score (nSPS) is 15.8. The summed E-state index contributed by atoms with van der Waals surface area (Å²) in [5.74, 6) is 0.117. The van der Waals surface area contributed by atoms with Crippen LogP contribution >= 0.6 is 0 Å². The van der Waals surface area contributed by atoms with E-state index >= 15 is 0 Å². The highest BCUT2D eigenvalue weighted by Crippen LogP contribution is 2.27. The van der Waals surface area contributed by atoms with Crippen molar-refractivity contribution in [1.29, 1.82) is 0 Å². The van der Waals surface area contributed by atoms with E-state index < -0.39 is 0 Å². The molecule has 0 unspecified atom stereocenters. The Morgan fingerprint density at radius 3 is 3.00 bits per heavy atom. The summed E-state index contributed by atoms with van der Waals surface area (Å²) >= 11 is 0. The summed E-state index contributed by atoms with van der Waals surface area (Å²) in [6.07, 6.45) is 4.15. The van der Waals surface area contributed by atoms with Crippen LogP contribution in [0.2, 0.25) is 0 Å². The minimum Gasteiger partial charge on any atom is -0.469 e. The summed E-state index contributed by atoms with van der Waals surface area (Å²) in [5.41, 5.74) is 1.67. The molecule has 1 aliphatic heterocycles. The minimum absolute atomic E-state index is 0.227. The number of allylic oxidation sites excluding steroid dienone is 1. The number of benzene rings is 1. The lowest BCUT2D eigenvalue weighted by molar-refractivity contribution is -0.140. The van der Waals surface area contributed by atoms with E-state index in [4.69, 9.17) is 4.74 Å². The van der Waals surface area contributed by atoms with Crippen molar-refractivity contribution in [3.8, 4) is 5.75 Å². The summed E-state index contributed by atoms with van der Waals surface area (Å²) in [7, 11) is 1.37. The van der Waals surface area contributed by atoms with Gasteiger partial charge in [0, 0.05) is 18.4 Å². The van der Waals surface area contributed by atoms with Crippen LogP contribution in [0.25, 0.3) is 0 Å². The first-order valence-corrected chi connectivity index (χ1v) is 6.26. The molecular formula is C15H16O4. The van der Waals surface area contributed by atoms with E-state index in [-0.39, 0.29) is 11.9 Å². The lowest BCUT2D eigenvalue weighted by Crippen LogP contribution is -2.19. The van der Waals surface area contributed by atoms with Crippen LogP contribution in [0.4, 0.5) is 0 Å². The van der Waals surface area contributed by atoms with Gasteiger partial charge in [-0.25, -0.2) is 4.79 Å². The molecule has 1 aromatic carbocycles. The number of hydrogen-bond acceptors (Lipinski definition) is 4. The van der Waals surface area contributed by atoms with Crippen molar-refractivity contribution in [3.63, 3.8) is 0 Å². The Morgan fingerprint density at radius 1 is 1.42 bits per heavy atom. The lowest BCUT2D eigenvalue weighted by Gasteiger charge is -2.17. The van der Waals surface area contributed by atoms with Crippen LogP contribution in [-0.2, 0) is 20.7 Å². The van der Waals surface area contributed by atoms with E-state index in [9.17, 15) is 9.59 Å². The zero-order valence-electron chi connectivity index (χ0n) is 10.8. The molecule has 19 heavy (non-hydrogen) atoms. The fraction of sp³-hybridized carbons (Fsp3) is 0.333. The molecule has 0 radical (unpaired) electrons. The van der Waals surface area contributed by atoms with Gasteiger partial charge in [0.05, 0.1) is 7.11 Å². The summed E-state index contributed by atoms with van der Waals surface area (Å²) in [4.78, 5) is 22.7. The number of esters is 2. The van der Waals surface area contributed by atoms with Crippen molar-refractivity contribution in [1.82, 2.24) is 0 Å². The Labute approximate surface area is 112 Å². The minimum atomic E-state index is -0.295. The Morgan fingerprint density at radius 2 is 2.21 bits per heavy atom. The molecule has 0 bridgehead atoms. The van der Waals surface area contributed by atoms with Gasteiger partial charge in [-0.05, 0) is 24.5 Å². The number of methoxy groups -OCH3 is 1. The number of para-hydroxylation sites is 1. The van der Waals surface area contributed by atoms with Crippen molar-refractivity contribution >= 4 is 11.9 Å². The molecule has 1 heterocycles. The Kier molecular flexibility index (Phi) is 4.34. The van der Waals surface area contributed by atoms with Gasteiger partial charge in [-0.2, -0.15) is 0 Å². The van der Waals surface area contributed by atoms with Crippen LogP contribution in [0, 0.1) is 0 Å². The average molecular weight is 260 g/mol. The molecule has 1 aliphatic rings. The zero-order valence-corrected chi connectivity index (χ0v) is 10.8. The molecule has 0 N–H and O–H groups in total. The fourth-order valence-electron chi connectivity index (χ4n) is 1.97. The first kappa shape index (κ1) is 13.3. The van der Waals surface area contributed by atoms with Gasteiger partial charge in [0.15, 0.2) is 0 Å². The fourth-order valence-corrected chi connectivity index (χ4v) is 1.97. The van der Waals surface area contributed by atoms with Crippen molar-refractivity contribution in [3.05, 3.63) is 41.5 Å². The molecule has 0 amide bonds. The highest BCUT2D eigenvalue weighted by Gasteiger charge is 2.21. The number of unbranched alkanes of at least 4 members (excludes halogenated alkanes) is 1. The maximum Gasteiger partial charge on any atom is 0.339 e. The molecule has 0 aromatic heterocycles. The second kappa shape index (κ2) is 6.18. The molecule has 0 saturated heterocycles. The molecule has 0 aliphatic carbocycles. The molecule has 1 aromatic rings. The average Bonchev–Trinajstić information content (AvgIpc) is 2.43. The number of hydrogen-bond donors (Lipinski definition) is 0. The highest BCUT2D eigenvalue weighted by atomic mass is 16.5. The second-order valence-electron chi connectivity index (χ2n) is 4.37. The van der Waals surface area contributed by atoms with Crippen molar-refractivity contribution in [2.45, 2.75) is 25.7 Å². The van der Waals surface area contributed by atoms with E-state index in [2.05, 4.69) is 4.74 Å². The first-order chi connectivity index (χ1) is 9.20. The van der Waals surface area contributed by atoms with Gasteiger partial charge in [0.1, 0.15) is 5.75 Å². The number of rotatable bonds is 4. The molecule has 4 heteroatoms. The zero-order chi connectivity index (χ0) is 13.7. The molecule has 2 rings (SSSR count). The predicted octanol–water partition coefficient (Wildman–Crippen LogP) is 2.42. The Bertz CT molecular complexity index is 517. The second-order valence-corrected chi connectivity index (χ2v) is 4.37. The topological polar surface area (TPSA) is 52.6 Å². The summed E-state index contributed by atoms with van der Waals surface area (Å²) < 4.78 is 9.80. The Balaban J connectivity index is 1.95. The summed E-state index contributed by atoms with van der Waals surface area (Å²) in [6.45, 7) is 0. The molecule has 0 atom stereocenters. The van der Waals surface area contributed by atoms with Crippen molar-refractivity contribution in [2.24, 2.45) is 0 Å². The van der Waals surface area contributed by atoms with E-state index in [1.807, 2.05) is 24.3 Å². The van der Waals surface area contributed by atoms with Gasteiger partial charge in [-0.15, -0.1) is 0 Å². The maximum absolute atomic E-state index is 11.8. The predicted molar refractivity (Wildman–Crippen MR) is 69.7 cm³/mol. The Hall–Kier alpha value is -2.10. The van der Waals surface area contributed by atoms with Gasteiger partial charge < -0.3 is 9.47 Å². The van der Waals surface area contributed by atoms with Gasteiger partial charge >= 0.3 is 11.9 Å².